The van der Waals surface area contributed by atoms with E-state index in [2.05, 4.69) is 48.1 Å². The average molecular weight is 378 g/mol. The first-order valence-corrected chi connectivity index (χ1v) is 10.3. The van der Waals surface area contributed by atoms with E-state index in [9.17, 15) is 4.79 Å². The third-order valence-electron chi connectivity index (χ3n) is 6.00. The molecular weight excluding hydrogens is 342 g/mol. The second-order valence-corrected chi connectivity index (χ2v) is 9.29. The minimum atomic E-state index is -0.0443. The van der Waals surface area contributed by atoms with Crippen molar-refractivity contribution in [2.45, 2.75) is 65.3 Å². The average Bonchev–Trinajstić information content (AvgIpc) is 3.05. The Hall–Kier alpha value is -1.63. The molecule has 0 radical (unpaired) electrons. The molecule has 7 nitrogen and oxygen atoms in total. The van der Waals surface area contributed by atoms with Gasteiger partial charge in [-0.25, -0.2) is 4.79 Å². The van der Waals surface area contributed by atoms with Gasteiger partial charge in [0.15, 0.2) is 5.82 Å². The molecule has 1 aromatic heterocycles. The van der Waals surface area contributed by atoms with E-state index in [0.717, 1.165) is 32.5 Å². The van der Waals surface area contributed by atoms with Crippen molar-refractivity contribution >= 4 is 6.03 Å². The van der Waals surface area contributed by atoms with Crippen LogP contribution in [0.25, 0.3) is 0 Å². The van der Waals surface area contributed by atoms with Crippen molar-refractivity contribution in [2.75, 3.05) is 32.7 Å². The number of likely N-dealkylation sites (tertiary alicyclic amines) is 2. The van der Waals surface area contributed by atoms with E-state index in [1.807, 2.05) is 11.8 Å². The van der Waals surface area contributed by atoms with Crippen LogP contribution in [0.3, 0.4) is 0 Å². The summed E-state index contributed by atoms with van der Waals surface area (Å²) in [5.74, 6) is 2.87. The number of aromatic nitrogens is 2. The van der Waals surface area contributed by atoms with E-state index in [0.29, 0.717) is 36.6 Å². The Morgan fingerprint density at radius 3 is 2.59 bits per heavy atom. The molecule has 0 aromatic carbocycles. The molecule has 27 heavy (non-hydrogen) atoms. The number of amides is 2. The third-order valence-corrected chi connectivity index (χ3v) is 6.00. The summed E-state index contributed by atoms with van der Waals surface area (Å²) in [6.45, 7) is 15.2. The molecule has 3 heterocycles. The van der Waals surface area contributed by atoms with Crippen LogP contribution in [0, 0.1) is 18.8 Å². The highest BCUT2D eigenvalue weighted by Crippen LogP contribution is 2.28. The number of hydrogen-bond acceptors (Lipinski definition) is 5. The number of nitrogens with one attached hydrogen (secondary N) is 1. The lowest BCUT2D eigenvalue weighted by Crippen LogP contribution is -2.57. The second kappa shape index (κ2) is 8.17. The first kappa shape index (κ1) is 20.1. The first-order chi connectivity index (χ1) is 12.7. The zero-order chi connectivity index (χ0) is 19.6. The lowest BCUT2D eigenvalue weighted by Gasteiger charge is -2.45. The molecule has 0 aliphatic carbocycles. The van der Waals surface area contributed by atoms with Crippen LogP contribution in [0.2, 0.25) is 0 Å². The molecule has 7 heteroatoms. The maximum absolute atomic E-state index is 12.8. The molecule has 2 fully saturated rings. The number of aryl methyl sites for hydroxylation is 1. The predicted octanol–water partition coefficient (Wildman–Crippen LogP) is 3.02. The third kappa shape index (κ3) is 5.00. The van der Waals surface area contributed by atoms with Crippen LogP contribution in [0.1, 0.15) is 64.6 Å². The smallest absolute Gasteiger partial charge is 0.317 e. The molecule has 2 amide bonds. The number of hydrogen-bond donors (Lipinski definition) is 1. The molecule has 3 rings (SSSR count). The Morgan fingerprint density at radius 1 is 1.26 bits per heavy atom. The summed E-state index contributed by atoms with van der Waals surface area (Å²) in [6.07, 6.45) is 3.24. The van der Waals surface area contributed by atoms with E-state index in [1.165, 1.54) is 6.42 Å². The van der Waals surface area contributed by atoms with Crippen LogP contribution < -0.4 is 5.32 Å². The highest BCUT2D eigenvalue weighted by molar-refractivity contribution is 5.74. The van der Waals surface area contributed by atoms with Crippen molar-refractivity contribution in [3.63, 3.8) is 0 Å². The molecule has 0 bridgehead atoms. The summed E-state index contributed by atoms with van der Waals surface area (Å²) >= 11 is 0. The molecule has 0 spiro atoms. The van der Waals surface area contributed by atoms with Crippen molar-refractivity contribution in [2.24, 2.45) is 11.8 Å². The standard InChI is InChI=1S/C20H35N5O2/c1-14-9-15(2)11-25(10-14)20(4,5)13-21-19(26)24-8-6-7-17(12-24)18-22-16(3)23-27-18/h14-15,17H,6-13H2,1-5H3,(H,21,26). The van der Waals surface area contributed by atoms with Crippen LogP contribution in [0.4, 0.5) is 4.79 Å². The molecule has 1 aromatic rings. The Balaban J connectivity index is 1.53. The quantitative estimate of drug-likeness (QED) is 0.873. The van der Waals surface area contributed by atoms with Crippen LogP contribution in [-0.4, -0.2) is 64.2 Å². The van der Waals surface area contributed by atoms with E-state index in [4.69, 9.17) is 4.52 Å². The van der Waals surface area contributed by atoms with Crippen molar-refractivity contribution in [3.8, 4) is 0 Å². The fourth-order valence-electron chi connectivity index (χ4n) is 4.51. The molecule has 2 aliphatic heterocycles. The number of carbonyl (C=O) groups excluding carboxylic acids is 1. The van der Waals surface area contributed by atoms with Crippen LogP contribution in [-0.2, 0) is 0 Å². The summed E-state index contributed by atoms with van der Waals surface area (Å²) < 4.78 is 5.32. The lowest BCUT2D eigenvalue weighted by molar-refractivity contribution is 0.0461. The number of urea groups is 1. The summed E-state index contributed by atoms with van der Waals surface area (Å²) in [7, 11) is 0. The van der Waals surface area contributed by atoms with Crippen LogP contribution in [0.5, 0.6) is 0 Å². The fourth-order valence-corrected chi connectivity index (χ4v) is 4.51. The minimum absolute atomic E-state index is 0.0159. The van der Waals surface area contributed by atoms with Gasteiger partial charge in [0.05, 0.1) is 5.92 Å². The van der Waals surface area contributed by atoms with Gasteiger partial charge >= 0.3 is 6.03 Å². The molecule has 1 N–H and O–H groups in total. The summed E-state index contributed by atoms with van der Waals surface area (Å²) in [5, 5.41) is 7.06. The zero-order valence-corrected chi connectivity index (χ0v) is 17.5. The Kier molecular flexibility index (Phi) is 6.08. The molecule has 0 saturated carbocycles. The molecule has 3 unspecified atom stereocenters. The number of carbonyl (C=O) groups is 1. The lowest BCUT2D eigenvalue weighted by atomic mass is 9.88. The highest BCUT2D eigenvalue weighted by atomic mass is 16.5. The van der Waals surface area contributed by atoms with Gasteiger partial charge in [-0.05, 0) is 51.9 Å². The molecule has 2 aliphatic rings. The topological polar surface area (TPSA) is 74.5 Å². The fraction of sp³-hybridized carbons (Fsp3) is 0.850. The largest absolute Gasteiger partial charge is 0.339 e. The maximum Gasteiger partial charge on any atom is 0.317 e. The number of piperidine rings is 2. The predicted molar refractivity (Wildman–Crippen MR) is 105 cm³/mol. The van der Waals surface area contributed by atoms with Gasteiger partial charge in [-0.1, -0.05) is 19.0 Å². The number of rotatable bonds is 4. The van der Waals surface area contributed by atoms with E-state index >= 15 is 0 Å². The number of nitrogens with zero attached hydrogens (tertiary/aromatic N) is 4. The normalized spacial score (nSPS) is 27.6. The van der Waals surface area contributed by atoms with Crippen LogP contribution >= 0.6 is 0 Å². The van der Waals surface area contributed by atoms with Gasteiger partial charge in [-0.2, -0.15) is 4.98 Å². The van der Waals surface area contributed by atoms with E-state index in [1.54, 1.807) is 0 Å². The SMILES string of the molecule is Cc1noc(C2CCCN(C(=O)NCC(C)(C)N3CC(C)CC(C)C3)C2)n1. The van der Waals surface area contributed by atoms with Gasteiger partial charge < -0.3 is 14.7 Å². The Bertz CT molecular complexity index is 634. The zero-order valence-electron chi connectivity index (χ0n) is 17.5. The van der Waals surface area contributed by atoms with Crippen molar-refractivity contribution < 1.29 is 9.32 Å². The van der Waals surface area contributed by atoms with Gasteiger partial charge in [0.25, 0.3) is 0 Å². The maximum atomic E-state index is 12.8. The molecule has 152 valence electrons. The van der Waals surface area contributed by atoms with Gasteiger partial charge in [0, 0.05) is 38.3 Å². The minimum Gasteiger partial charge on any atom is -0.339 e. The summed E-state index contributed by atoms with van der Waals surface area (Å²) in [6, 6.07) is 0.0159. The van der Waals surface area contributed by atoms with Gasteiger partial charge in [0.1, 0.15) is 0 Å². The van der Waals surface area contributed by atoms with Crippen molar-refractivity contribution in [1.82, 2.24) is 25.3 Å². The van der Waals surface area contributed by atoms with Crippen LogP contribution in [0.15, 0.2) is 4.52 Å². The molecule has 2 saturated heterocycles. The Labute approximate surface area is 162 Å². The van der Waals surface area contributed by atoms with Gasteiger partial charge in [0.2, 0.25) is 5.89 Å². The van der Waals surface area contributed by atoms with E-state index < -0.39 is 0 Å². The summed E-state index contributed by atoms with van der Waals surface area (Å²) in [4.78, 5) is 21.5. The van der Waals surface area contributed by atoms with Gasteiger partial charge in [-0.3, -0.25) is 4.90 Å². The summed E-state index contributed by atoms with van der Waals surface area (Å²) in [5.41, 5.74) is -0.0443. The highest BCUT2D eigenvalue weighted by Gasteiger charge is 2.34. The second-order valence-electron chi connectivity index (χ2n) is 9.29. The molecular formula is C20H35N5O2. The first-order valence-electron chi connectivity index (χ1n) is 10.3. The van der Waals surface area contributed by atoms with Gasteiger partial charge in [-0.15, -0.1) is 0 Å². The Morgan fingerprint density at radius 2 is 1.96 bits per heavy atom. The van der Waals surface area contributed by atoms with Crippen molar-refractivity contribution in [3.05, 3.63) is 11.7 Å². The monoisotopic (exact) mass is 377 g/mol. The van der Waals surface area contributed by atoms with E-state index in [-0.39, 0.29) is 17.5 Å². The molecule has 3 atom stereocenters. The van der Waals surface area contributed by atoms with Crippen molar-refractivity contribution in [1.29, 1.82) is 0 Å².